The number of ketones is 2. The number of hydrogen-bond acceptors (Lipinski definition) is 6. The van der Waals surface area contributed by atoms with Crippen molar-refractivity contribution >= 4 is 29.3 Å². The van der Waals surface area contributed by atoms with Gasteiger partial charge in [-0.25, -0.2) is 0 Å². The van der Waals surface area contributed by atoms with Gasteiger partial charge in [-0.1, -0.05) is 90.1 Å². The Morgan fingerprint density at radius 1 is 0.884 bits per heavy atom. The van der Waals surface area contributed by atoms with E-state index in [9.17, 15) is 19.5 Å². The van der Waals surface area contributed by atoms with Crippen LogP contribution in [0.2, 0.25) is 0 Å². The molecule has 1 aliphatic heterocycles. The minimum absolute atomic E-state index is 0.147. The lowest BCUT2D eigenvalue weighted by Gasteiger charge is -2.28. The quantitative estimate of drug-likeness (QED) is 0.183. The van der Waals surface area contributed by atoms with Crippen LogP contribution in [0.5, 0.6) is 11.5 Å². The van der Waals surface area contributed by atoms with Gasteiger partial charge in [0, 0.05) is 23.1 Å². The third kappa shape index (κ3) is 5.63. The maximum atomic E-state index is 13.5. The first kappa shape index (κ1) is 30.3. The average Bonchev–Trinajstić information content (AvgIpc) is 3.19. The van der Waals surface area contributed by atoms with E-state index in [1.165, 1.54) is 0 Å². The lowest BCUT2D eigenvalue weighted by atomic mass is 9.78. The van der Waals surface area contributed by atoms with Gasteiger partial charge in [-0.3, -0.25) is 14.4 Å². The van der Waals surface area contributed by atoms with E-state index < -0.39 is 17.9 Å². The molecule has 6 nitrogen and oxygen atoms in total. The number of carbonyl (C=O) groups is 3. The standard InChI is InChI=1S/C37H41NO5/c1-20-12-13-21(2)30-29(20)34(41)31(35(30)42)26-16-15-23-10-9-11-27(32(23)38-26)43-28(39)17-14-22-18-24(36(3,4)5)33(40)25(19-22)37(6,7)8/h9-13,15-16,18-19,26,31,38,40H,14,17H2,1-8H3. The van der Waals surface area contributed by atoms with E-state index in [-0.39, 0.29) is 28.8 Å². The van der Waals surface area contributed by atoms with E-state index in [2.05, 4.69) is 46.9 Å². The predicted molar refractivity (Wildman–Crippen MR) is 170 cm³/mol. The molecule has 0 radical (unpaired) electrons. The molecule has 0 saturated heterocycles. The van der Waals surface area contributed by atoms with Crippen LogP contribution in [0.1, 0.15) is 102 Å². The summed E-state index contributed by atoms with van der Waals surface area (Å²) in [6.07, 6.45) is 4.32. The van der Waals surface area contributed by atoms with E-state index in [4.69, 9.17) is 4.74 Å². The van der Waals surface area contributed by atoms with Gasteiger partial charge in [-0.05, 0) is 65.0 Å². The van der Waals surface area contributed by atoms with Crippen LogP contribution in [0.15, 0.2) is 48.5 Å². The fourth-order valence-electron chi connectivity index (χ4n) is 6.15. The number of anilines is 1. The summed E-state index contributed by atoms with van der Waals surface area (Å²) >= 11 is 0. The van der Waals surface area contributed by atoms with Crippen molar-refractivity contribution in [3.63, 3.8) is 0 Å². The van der Waals surface area contributed by atoms with Crippen LogP contribution in [-0.4, -0.2) is 28.7 Å². The molecule has 0 spiro atoms. The molecule has 0 amide bonds. The van der Waals surface area contributed by atoms with Crippen LogP contribution in [-0.2, 0) is 22.0 Å². The fraction of sp³-hybridized carbons (Fsp3) is 0.378. The molecule has 1 aliphatic carbocycles. The summed E-state index contributed by atoms with van der Waals surface area (Å²) in [6.45, 7) is 16.1. The summed E-state index contributed by atoms with van der Waals surface area (Å²) in [4.78, 5) is 40.1. The second-order valence-electron chi connectivity index (χ2n) is 13.9. The Hall–Kier alpha value is -4.19. The molecule has 2 N–H and O–H groups in total. The Morgan fingerprint density at radius 2 is 1.44 bits per heavy atom. The first-order valence-corrected chi connectivity index (χ1v) is 14.9. The van der Waals surface area contributed by atoms with Crippen LogP contribution in [0.4, 0.5) is 5.69 Å². The molecular weight excluding hydrogens is 538 g/mol. The second-order valence-corrected chi connectivity index (χ2v) is 13.9. The zero-order valence-corrected chi connectivity index (χ0v) is 26.3. The van der Waals surface area contributed by atoms with Crippen molar-refractivity contribution < 1.29 is 24.2 Å². The van der Waals surface area contributed by atoms with Gasteiger partial charge in [-0.2, -0.15) is 0 Å². The van der Waals surface area contributed by atoms with Crippen molar-refractivity contribution in [2.24, 2.45) is 5.92 Å². The van der Waals surface area contributed by atoms with Gasteiger partial charge in [0.2, 0.25) is 0 Å². The second kappa shape index (κ2) is 10.8. The highest BCUT2D eigenvalue weighted by Gasteiger charge is 2.45. The lowest BCUT2D eigenvalue weighted by molar-refractivity contribution is -0.134. The molecule has 2 aliphatic rings. The number of Topliss-reactive ketones (excluding diaryl/α,β-unsaturated/α-hetero) is 2. The van der Waals surface area contributed by atoms with Gasteiger partial charge in [0.25, 0.3) is 0 Å². The van der Waals surface area contributed by atoms with E-state index in [0.29, 0.717) is 34.7 Å². The molecular formula is C37H41NO5. The van der Waals surface area contributed by atoms with Crippen molar-refractivity contribution in [2.45, 2.75) is 85.1 Å². The molecule has 0 aromatic heterocycles. The number of phenolic OH excluding ortho intramolecular Hbond substituents is 1. The zero-order valence-electron chi connectivity index (χ0n) is 26.3. The van der Waals surface area contributed by atoms with E-state index >= 15 is 0 Å². The Morgan fingerprint density at radius 3 is 1.98 bits per heavy atom. The highest BCUT2D eigenvalue weighted by molar-refractivity contribution is 6.28. The van der Waals surface area contributed by atoms with Crippen LogP contribution >= 0.6 is 0 Å². The van der Waals surface area contributed by atoms with Gasteiger partial charge in [0.05, 0.1) is 11.7 Å². The highest BCUT2D eigenvalue weighted by Crippen LogP contribution is 2.41. The van der Waals surface area contributed by atoms with Crippen molar-refractivity contribution in [2.75, 3.05) is 5.32 Å². The van der Waals surface area contributed by atoms with Gasteiger partial charge < -0.3 is 15.2 Å². The van der Waals surface area contributed by atoms with E-state index in [1.54, 1.807) is 6.07 Å². The fourth-order valence-corrected chi connectivity index (χ4v) is 6.15. The number of aryl methyl sites for hydroxylation is 3. The van der Waals surface area contributed by atoms with Gasteiger partial charge in [0.15, 0.2) is 17.3 Å². The number of fused-ring (bicyclic) bond motifs is 2. The molecule has 0 fully saturated rings. The van der Waals surface area contributed by atoms with Crippen molar-refractivity contribution in [3.8, 4) is 11.5 Å². The molecule has 3 aromatic rings. The molecule has 0 saturated carbocycles. The molecule has 1 unspecified atom stereocenters. The van der Waals surface area contributed by atoms with Crippen molar-refractivity contribution in [1.29, 1.82) is 0 Å². The summed E-state index contributed by atoms with van der Waals surface area (Å²) in [7, 11) is 0. The summed E-state index contributed by atoms with van der Waals surface area (Å²) < 4.78 is 5.86. The molecule has 5 rings (SSSR count). The van der Waals surface area contributed by atoms with Gasteiger partial charge in [-0.15, -0.1) is 0 Å². The molecule has 1 atom stereocenters. The van der Waals surface area contributed by atoms with Crippen molar-refractivity contribution in [1.82, 2.24) is 0 Å². The number of phenols is 1. The molecule has 43 heavy (non-hydrogen) atoms. The smallest absolute Gasteiger partial charge is 0.311 e. The lowest BCUT2D eigenvalue weighted by Crippen LogP contribution is -2.36. The number of benzene rings is 3. The number of para-hydroxylation sites is 1. The Bertz CT molecular complexity index is 1610. The van der Waals surface area contributed by atoms with Crippen LogP contribution < -0.4 is 10.1 Å². The molecule has 0 bridgehead atoms. The van der Waals surface area contributed by atoms with E-state index in [1.807, 2.05) is 62.4 Å². The third-order valence-electron chi connectivity index (χ3n) is 8.52. The first-order chi connectivity index (χ1) is 20.1. The number of carbonyl (C=O) groups excluding carboxylic acids is 3. The number of esters is 1. The number of ether oxygens (including phenoxy) is 1. The molecule has 224 valence electrons. The number of nitrogens with one attached hydrogen (secondary N) is 1. The minimum Gasteiger partial charge on any atom is -0.507 e. The summed E-state index contributed by atoms with van der Waals surface area (Å²) in [6, 6.07) is 12.6. The maximum absolute atomic E-state index is 13.5. The van der Waals surface area contributed by atoms with Crippen LogP contribution in [0.3, 0.4) is 0 Å². The summed E-state index contributed by atoms with van der Waals surface area (Å²) in [5, 5.41) is 14.4. The minimum atomic E-state index is -0.883. The predicted octanol–water partition coefficient (Wildman–Crippen LogP) is 7.64. The SMILES string of the molecule is Cc1ccc(C)c2c1C(=O)C(C1C=Cc3cccc(OC(=O)CCc4cc(C(C)(C)C)c(O)c(C(C)(C)C)c4)c3N1)C2=O. The molecule has 3 aromatic carbocycles. The van der Waals surface area contributed by atoms with Crippen molar-refractivity contribution in [3.05, 3.63) is 93.0 Å². The monoisotopic (exact) mass is 579 g/mol. The van der Waals surface area contributed by atoms with Gasteiger partial charge in [0.1, 0.15) is 11.7 Å². The third-order valence-corrected chi connectivity index (χ3v) is 8.52. The van der Waals surface area contributed by atoms with Crippen LogP contribution in [0.25, 0.3) is 6.08 Å². The zero-order chi connectivity index (χ0) is 31.4. The number of rotatable bonds is 5. The largest absolute Gasteiger partial charge is 0.507 e. The van der Waals surface area contributed by atoms with Gasteiger partial charge >= 0.3 is 5.97 Å². The Balaban J connectivity index is 1.34. The maximum Gasteiger partial charge on any atom is 0.311 e. The first-order valence-electron chi connectivity index (χ1n) is 14.9. The normalized spacial score (nSPS) is 16.6. The average molecular weight is 580 g/mol. The Labute approximate surface area is 254 Å². The molecule has 1 heterocycles. The Kier molecular flexibility index (Phi) is 7.62. The summed E-state index contributed by atoms with van der Waals surface area (Å²) in [5.41, 5.74) is 6.16. The number of aromatic hydroxyl groups is 1. The van der Waals surface area contributed by atoms with E-state index in [0.717, 1.165) is 33.4 Å². The van der Waals surface area contributed by atoms with Crippen LogP contribution in [0, 0.1) is 19.8 Å². The topological polar surface area (TPSA) is 92.7 Å². The number of hydrogen-bond donors (Lipinski definition) is 2. The molecule has 6 heteroatoms. The summed E-state index contributed by atoms with van der Waals surface area (Å²) in [5.74, 6) is -0.972. The highest BCUT2D eigenvalue weighted by atomic mass is 16.5.